The summed E-state index contributed by atoms with van der Waals surface area (Å²) in [7, 11) is 1.94. The second-order valence-electron chi connectivity index (χ2n) is 4.39. The van der Waals surface area contributed by atoms with Crippen molar-refractivity contribution in [3.05, 3.63) is 35.1 Å². The van der Waals surface area contributed by atoms with Crippen LogP contribution in [-0.4, -0.2) is 13.6 Å². The molecule has 0 aliphatic rings. The summed E-state index contributed by atoms with van der Waals surface area (Å²) < 4.78 is 13.2. The predicted molar refractivity (Wildman–Crippen MR) is 62.6 cm³/mol. The Balaban J connectivity index is 2.85. The first kappa shape index (κ1) is 12.2. The summed E-state index contributed by atoms with van der Waals surface area (Å²) in [4.78, 5) is 0. The first-order chi connectivity index (χ1) is 7.04. The van der Waals surface area contributed by atoms with Crippen LogP contribution in [0.5, 0.6) is 0 Å². The maximum atomic E-state index is 13.2. The van der Waals surface area contributed by atoms with Crippen LogP contribution in [-0.2, 0) is 0 Å². The summed E-state index contributed by atoms with van der Waals surface area (Å²) in [5.41, 5.74) is 2.09. The monoisotopic (exact) mass is 209 g/mol. The molecular formula is C13H20FN. The van der Waals surface area contributed by atoms with E-state index in [0.29, 0.717) is 11.8 Å². The Morgan fingerprint density at radius 3 is 2.47 bits per heavy atom. The Morgan fingerprint density at radius 2 is 1.93 bits per heavy atom. The summed E-state index contributed by atoms with van der Waals surface area (Å²) in [6.45, 7) is 7.22. The molecule has 1 aromatic rings. The summed E-state index contributed by atoms with van der Waals surface area (Å²) in [6, 6.07) is 5.28. The number of rotatable bonds is 4. The van der Waals surface area contributed by atoms with Crippen LogP contribution < -0.4 is 5.32 Å². The van der Waals surface area contributed by atoms with Gasteiger partial charge in [0.15, 0.2) is 0 Å². The highest BCUT2D eigenvalue weighted by molar-refractivity contribution is 5.26. The lowest BCUT2D eigenvalue weighted by Gasteiger charge is -2.20. The molecule has 84 valence electrons. The molecular weight excluding hydrogens is 189 g/mol. The topological polar surface area (TPSA) is 12.0 Å². The van der Waals surface area contributed by atoms with Gasteiger partial charge in [0.2, 0.25) is 0 Å². The first-order valence-electron chi connectivity index (χ1n) is 5.46. The molecule has 0 radical (unpaired) electrons. The smallest absolute Gasteiger partial charge is 0.123 e. The molecule has 2 heteroatoms. The van der Waals surface area contributed by atoms with Crippen molar-refractivity contribution in [2.45, 2.75) is 26.7 Å². The van der Waals surface area contributed by atoms with E-state index < -0.39 is 0 Å². The minimum Gasteiger partial charge on any atom is -0.319 e. The number of halogens is 1. The SMILES string of the molecule is CNCC(C)C(C)c1cc(C)cc(F)c1. The second-order valence-corrected chi connectivity index (χ2v) is 4.39. The van der Waals surface area contributed by atoms with Gasteiger partial charge >= 0.3 is 0 Å². The van der Waals surface area contributed by atoms with E-state index in [0.717, 1.165) is 17.7 Å². The molecule has 0 fully saturated rings. The highest BCUT2D eigenvalue weighted by atomic mass is 19.1. The van der Waals surface area contributed by atoms with Gasteiger partial charge in [-0.3, -0.25) is 0 Å². The van der Waals surface area contributed by atoms with Gasteiger partial charge < -0.3 is 5.32 Å². The quantitative estimate of drug-likeness (QED) is 0.803. The largest absolute Gasteiger partial charge is 0.319 e. The molecule has 0 spiro atoms. The Hall–Kier alpha value is -0.890. The minimum absolute atomic E-state index is 0.131. The van der Waals surface area contributed by atoms with E-state index in [1.807, 2.05) is 14.0 Å². The molecule has 0 saturated heterocycles. The van der Waals surface area contributed by atoms with Crippen molar-refractivity contribution in [1.29, 1.82) is 0 Å². The molecule has 1 rings (SSSR count). The number of aryl methyl sites for hydroxylation is 1. The van der Waals surface area contributed by atoms with E-state index in [1.165, 1.54) is 0 Å². The molecule has 0 aliphatic carbocycles. The van der Waals surface area contributed by atoms with E-state index >= 15 is 0 Å². The van der Waals surface area contributed by atoms with E-state index in [9.17, 15) is 4.39 Å². The summed E-state index contributed by atoms with van der Waals surface area (Å²) >= 11 is 0. The standard InChI is InChI=1S/C13H20FN/c1-9-5-12(7-13(14)6-9)11(3)10(2)8-15-4/h5-7,10-11,15H,8H2,1-4H3. The van der Waals surface area contributed by atoms with Crippen LogP contribution in [0.1, 0.15) is 30.9 Å². The molecule has 0 bridgehead atoms. The summed E-state index contributed by atoms with van der Waals surface area (Å²) in [5.74, 6) is 0.761. The molecule has 1 N–H and O–H groups in total. The lowest BCUT2D eigenvalue weighted by Crippen LogP contribution is -2.20. The molecule has 2 unspecified atom stereocenters. The second kappa shape index (κ2) is 5.26. The fourth-order valence-corrected chi connectivity index (χ4v) is 1.85. The Kier molecular flexibility index (Phi) is 4.28. The Labute approximate surface area is 91.7 Å². The Bertz CT molecular complexity index is 302. The van der Waals surface area contributed by atoms with Gasteiger partial charge in [-0.1, -0.05) is 19.9 Å². The van der Waals surface area contributed by atoms with Crippen molar-refractivity contribution < 1.29 is 4.39 Å². The van der Waals surface area contributed by atoms with Gasteiger partial charge in [-0.05, 0) is 55.6 Å². The van der Waals surface area contributed by atoms with Crippen LogP contribution in [0.4, 0.5) is 4.39 Å². The van der Waals surface area contributed by atoms with Gasteiger partial charge in [0.1, 0.15) is 5.82 Å². The van der Waals surface area contributed by atoms with Gasteiger partial charge in [0, 0.05) is 0 Å². The van der Waals surface area contributed by atoms with Crippen LogP contribution in [0.25, 0.3) is 0 Å². The van der Waals surface area contributed by atoms with Crippen molar-refractivity contribution in [2.24, 2.45) is 5.92 Å². The third kappa shape index (κ3) is 3.31. The van der Waals surface area contributed by atoms with Crippen molar-refractivity contribution in [1.82, 2.24) is 5.32 Å². The van der Waals surface area contributed by atoms with Crippen LogP contribution >= 0.6 is 0 Å². The highest BCUT2D eigenvalue weighted by Gasteiger charge is 2.14. The van der Waals surface area contributed by atoms with Crippen molar-refractivity contribution in [3.63, 3.8) is 0 Å². The third-order valence-corrected chi connectivity index (χ3v) is 2.97. The molecule has 0 aliphatic heterocycles. The zero-order valence-corrected chi connectivity index (χ0v) is 9.97. The lowest BCUT2D eigenvalue weighted by molar-refractivity contribution is 0.464. The Morgan fingerprint density at radius 1 is 1.27 bits per heavy atom. The molecule has 0 amide bonds. The van der Waals surface area contributed by atoms with Gasteiger partial charge in [-0.25, -0.2) is 4.39 Å². The summed E-state index contributed by atoms with van der Waals surface area (Å²) in [6.07, 6.45) is 0. The molecule has 1 aromatic carbocycles. The molecule has 0 aromatic heterocycles. The van der Waals surface area contributed by atoms with E-state index in [1.54, 1.807) is 12.1 Å². The lowest BCUT2D eigenvalue weighted by atomic mass is 9.88. The van der Waals surface area contributed by atoms with Crippen molar-refractivity contribution in [3.8, 4) is 0 Å². The predicted octanol–water partition coefficient (Wildman–Crippen LogP) is 3.09. The van der Waals surface area contributed by atoms with Crippen molar-refractivity contribution in [2.75, 3.05) is 13.6 Å². The fraction of sp³-hybridized carbons (Fsp3) is 0.538. The zero-order valence-electron chi connectivity index (χ0n) is 9.97. The molecule has 15 heavy (non-hydrogen) atoms. The van der Waals surface area contributed by atoms with Gasteiger partial charge in [-0.15, -0.1) is 0 Å². The van der Waals surface area contributed by atoms with Gasteiger partial charge in [0.25, 0.3) is 0 Å². The number of nitrogens with one attached hydrogen (secondary N) is 1. The van der Waals surface area contributed by atoms with E-state index in [4.69, 9.17) is 0 Å². The molecule has 0 heterocycles. The van der Waals surface area contributed by atoms with Gasteiger partial charge in [0.05, 0.1) is 0 Å². The normalized spacial score (nSPS) is 15.0. The first-order valence-corrected chi connectivity index (χ1v) is 5.46. The number of benzene rings is 1. The van der Waals surface area contributed by atoms with Crippen LogP contribution in [0, 0.1) is 18.7 Å². The van der Waals surface area contributed by atoms with E-state index in [2.05, 4.69) is 25.2 Å². The maximum Gasteiger partial charge on any atom is 0.123 e. The molecule has 0 saturated carbocycles. The fourth-order valence-electron chi connectivity index (χ4n) is 1.85. The summed E-state index contributed by atoms with van der Waals surface area (Å²) in [5, 5.41) is 3.15. The number of hydrogen-bond donors (Lipinski definition) is 1. The average molecular weight is 209 g/mol. The van der Waals surface area contributed by atoms with Gasteiger partial charge in [-0.2, -0.15) is 0 Å². The molecule has 2 atom stereocenters. The minimum atomic E-state index is -0.131. The van der Waals surface area contributed by atoms with Crippen LogP contribution in [0.2, 0.25) is 0 Å². The third-order valence-electron chi connectivity index (χ3n) is 2.97. The van der Waals surface area contributed by atoms with Crippen LogP contribution in [0.15, 0.2) is 18.2 Å². The number of hydrogen-bond acceptors (Lipinski definition) is 1. The average Bonchev–Trinajstić information content (AvgIpc) is 2.15. The van der Waals surface area contributed by atoms with E-state index in [-0.39, 0.29) is 5.82 Å². The zero-order chi connectivity index (χ0) is 11.4. The highest BCUT2D eigenvalue weighted by Crippen LogP contribution is 2.25. The maximum absolute atomic E-state index is 13.2. The van der Waals surface area contributed by atoms with Crippen LogP contribution in [0.3, 0.4) is 0 Å². The molecule has 1 nitrogen and oxygen atoms in total. The van der Waals surface area contributed by atoms with Crippen molar-refractivity contribution >= 4 is 0 Å².